The van der Waals surface area contributed by atoms with Gasteiger partial charge in [-0.3, -0.25) is 14.8 Å². The van der Waals surface area contributed by atoms with E-state index in [0.29, 0.717) is 47.6 Å². The van der Waals surface area contributed by atoms with Gasteiger partial charge in [0.05, 0.1) is 5.52 Å². The van der Waals surface area contributed by atoms with Crippen molar-refractivity contribution in [3.05, 3.63) is 48.5 Å². The van der Waals surface area contributed by atoms with Crippen LogP contribution in [0.1, 0.15) is 38.5 Å². The van der Waals surface area contributed by atoms with Gasteiger partial charge >= 0.3 is 0 Å². The number of hydrogen-bond acceptors (Lipinski definition) is 7. The number of unbranched alkanes of at least 4 members (excludes halogenated alkanes) is 3. The predicted molar refractivity (Wildman–Crippen MR) is 113 cm³/mol. The summed E-state index contributed by atoms with van der Waals surface area (Å²) in [5.41, 5.74) is 3.32. The molecule has 0 aliphatic rings. The number of nitrogens with one attached hydrogen (secondary N) is 3. The van der Waals surface area contributed by atoms with Crippen molar-refractivity contribution in [3.63, 3.8) is 0 Å². The minimum Gasteiger partial charge on any atom is -0.338 e. The van der Waals surface area contributed by atoms with Crippen LogP contribution in [-0.4, -0.2) is 32.0 Å². The van der Waals surface area contributed by atoms with E-state index >= 15 is 0 Å². The zero-order valence-electron chi connectivity index (χ0n) is 16.8. The summed E-state index contributed by atoms with van der Waals surface area (Å²) in [4.78, 5) is 36.0. The molecule has 4 N–H and O–H groups in total. The van der Waals surface area contributed by atoms with E-state index in [-0.39, 0.29) is 18.1 Å². The highest BCUT2D eigenvalue weighted by Gasteiger charge is 2.09. The van der Waals surface area contributed by atoms with Crippen LogP contribution in [0.15, 0.2) is 42.7 Å². The van der Waals surface area contributed by atoms with Crippen LogP contribution in [-0.2, 0) is 9.59 Å². The van der Waals surface area contributed by atoms with E-state index in [9.17, 15) is 14.0 Å². The van der Waals surface area contributed by atoms with Crippen LogP contribution in [0.3, 0.4) is 0 Å². The molecule has 162 valence electrons. The average molecular weight is 426 g/mol. The van der Waals surface area contributed by atoms with E-state index in [1.807, 2.05) is 0 Å². The Balaban J connectivity index is 1.56. The van der Waals surface area contributed by atoms with Gasteiger partial charge in [0.25, 0.3) is 0 Å². The number of fused-ring (bicyclic) bond motifs is 1. The zero-order chi connectivity index (χ0) is 22.1. The first-order valence-corrected chi connectivity index (χ1v) is 9.92. The van der Waals surface area contributed by atoms with Crippen molar-refractivity contribution in [2.24, 2.45) is 0 Å². The maximum absolute atomic E-state index is 13.1. The Morgan fingerprint density at radius 3 is 2.32 bits per heavy atom. The largest absolute Gasteiger partial charge is 0.338 e. The lowest BCUT2D eigenvalue weighted by atomic mass is 10.1. The third kappa shape index (κ3) is 6.68. The topological polar surface area (TPSA) is 129 Å². The molecule has 3 aromatic rings. The summed E-state index contributed by atoms with van der Waals surface area (Å²) in [5, 5.41) is 14.3. The number of benzene rings is 1. The quantitative estimate of drug-likeness (QED) is 0.221. The fourth-order valence-corrected chi connectivity index (χ4v) is 2.96. The number of carbonyl (C=O) groups is 2. The van der Waals surface area contributed by atoms with Crippen LogP contribution in [0, 0.1) is 5.82 Å². The maximum Gasteiger partial charge on any atom is 0.243 e. The monoisotopic (exact) mass is 426 g/mol. The second kappa shape index (κ2) is 10.9. The molecule has 0 saturated heterocycles. The van der Waals surface area contributed by atoms with Gasteiger partial charge in [-0.1, -0.05) is 12.8 Å². The van der Waals surface area contributed by atoms with Gasteiger partial charge in [-0.15, -0.1) is 0 Å². The van der Waals surface area contributed by atoms with Crippen molar-refractivity contribution in [2.45, 2.75) is 38.5 Å². The van der Waals surface area contributed by atoms with Crippen LogP contribution < -0.4 is 16.1 Å². The summed E-state index contributed by atoms with van der Waals surface area (Å²) < 4.78 is 13.1. The van der Waals surface area contributed by atoms with E-state index in [2.05, 4.69) is 25.6 Å². The molecule has 2 amide bonds. The van der Waals surface area contributed by atoms with Gasteiger partial charge < -0.3 is 10.6 Å². The second-order valence-corrected chi connectivity index (χ2v) is 6.92. The number of halogens is 1. The Labute approximate surface area is 178 Å². The summed E-state index contributed by atoms with van der Waals surface area (Å²) in [6.07, 6.45) is 4.93. The third-order valence-corrected chi connectivity index (χ3v) is 4.54. The molecule has 2 aromatic heterocycles. The standard InChI is InChI=1S/C21H23FN6O3/c22-14-7-9-15(10-8-14)25-21-20-16(23-13-24-21)11-12-17(27-20)26-18(29)5-3-1-2-4-6-19(30)28-31/h7-13,31H,1-6H2,(H,28,30)(H,23,24,25)(H,26,27,29). The smallest absolute Gasteiger partial charge is 0.243 e. The highest BCUT2D eigenvalue weighted by Crippen LogP contribution is 2.23. The molecule has 31 heavy (non-hydrogen) atoms. The molecule has 0 atom stereocenters. The van der Waals surface area contributed by atoms with E-state index in [1.54, 1.807) is 29.7 Å². The minimum atomic E-state index is -0.405. The lowest BCUT2D eigenvalue weighted by molar-refractivity contribution is -0.129. The number of hydrogen-bond donors (Lipinski definition) is 4. The first kappa shape index (κ1) is 22.0. The van der Waals surface area contributed by atoms with Crippen molar-refractivity contribution >= 4 is 40.2 Å². The Morgan fingerprint density at radius 1 is 0.903 bits per heavy atom. The van der Waals surface area contributed by atoms with Crippen LogP contribution >= 0.6 is 0 Å². The van der Waals surface area contributed by atoms with Crippen LogP contribution in [0.4, 0.5) is 21.7 Å². The van der Waals surface area contributed by atoms with E-state index in [0.717, 1.165) is 12.8 Å². The molecular formula is C21H23FN6O3. The van der Waals surface area contributed by atoms with E-state index < -0.39 is 5.91 Å². The van der Waals surface area contributed by atoms with Gasteiger partial charge in [0.1, 0.15) is 23.5 Å². The Bertz CT molecular complexity index is 1040. The number of carbonyl (C=O) groups excluding carboxylic acids is 2. The molecule has 9 nitrogen and oxygen atoms in total. The normalized spacial score (nSPS) is 10.6. The van der Waals surface area contributed by atoms with Gasteiger partial charge in [-0.05, 0) is 49.2 Å². The number of aromatic nitrogens is 3. The number of hydroxylamine groups is 1. The average Bonchev–Trinajstić information content (AvgIpc) is 2.77. The van der Waals surface area contributed by atoms with Gasteiger partial charge in [0.15, 0.2) is 5.82 Å². The van der Waals surface area contributed by atoms with E-state index in [1.165, 1.54) is 18.5 Å². The number of amides is 2. The first-order chi connectivity index (χ1) is 15.0. The van der Waals surface area contributed by atoms with Gasteiger partial charge in [0.2, 0.25) is 11.8 Å². The lowest BCUT2D eigenvalue weighted by Crippen LogP contribution is -2.17. The SMILES string of the molecule is O=C(CCCCCCC(=O)Nc1ccc2ncnc(Nc3ccc(F)cc3)c2n1)NO. The summed E-state index contributed by atoms with van der Waals surface area (Å²) >= 11 is 0. The summed E-state index contributed by atoms with van der Waals surface area (Å²) in [7, 11) is 0. The number of nitrogens with zero attached hydrogens (tertiary/aromatic N) is 3. The van der Waals surface area contributed by atoms with Crippen LogP contribution in [0.2, 0.25) is 0 Å². The van der Waals surface area contributed by atoms with Crippen LogP contribution in [0.5, 0.6) is 0 Å². The highest BCUT2D eigenvalue weighted by atomic mass is 19.1. The molecule has 0 fully saturated rings. The van der Waals surface area contributed by atoms with Crippen LogP contribution in [0.25, 0.3) is 11.0 Å². The summed E-state index contributed by atoms with van der Waals surface area (Å²) in [6, 6.07) is 9.26. The molecule has 3 rings (SSSR count). The second-order valence-electron chi connectivity index (χ2n) is 6.92. The molecule has 0 bridgehead atoms. The van der Waals surface area contributed by atoms with Crippen molar-refractivity contribution < 1.29 is 19.2 Å². The van der Waals surface area contributed by atoms with Gasteiger partial charge in [-0.25, -0.2) is 24.8 Å². The third-order valence-electron chi connectivity index (χ3n) is 4.54. The Kier molecular flexibility index (Phi) is 7.77. The number of pyridine rings is 1. The lowest BCUT2D eigenvalue weighted by Gasteiger charge is -2.09. The minimum absolute atomic E-state index is 0.162. The Hall–Kier alpha value is -3.66. The number of anilines is 3. The molecule has 0 radical (unpaired) electrons. The van der Waals surface area contributed by atoms with E-state index in [4.69, 9.17) is 5.21 Å². The highest BCUT2D eigenvalue weighted by molar-refractivity contribution is 5.93. The molecule has 0 aliphatic heterocycles. The molecule has 0 spiro atoms. The van der Waals surface area contributed by atoms with Crippen molar-refractivity contribution in [1.29, 1.82) is 0 Å². The first-order valence-electron chi connectivity index (χ1n) is 9.92. The molecule has 10 heteroatoms. The van der Waals surface area contributed by atoms with Gasteiger partial charge in [0, 0.05) is 18.5 Å². The predicted octanol–water partition coefficient (Wildman–Crippen LogP) is 3.69. The molecule has 1 aromatic carbocycles. The molecule has 0 unspecified atom stereocenters. The summed E-state index contributed by atoms with van der Waals surface area (Å²) in [5.74, 6) is -0.0761. The fraction of sp³-hybridized carbons (Fsp3) is 0.286. The zero-order valence-corrected chi connectivity index (χ0v) is 16.8. The molecule has 0 saturated carbocycles. The molecule has 0 aliphatic carbocycles. The molecular weight excluding hydrogens is 403 g/mol. The van der Waals surface area contributed by atoms with Crippen molar-refractivity contribution in [3.8, 4) is 0 Å². The number of rotatable bonds is 10. The van der Waals surface area contributed by atoms with Crippen molar-refractivity contribution in [2.75, 3.05) is 10.6 Å². The summed E-state index contributed by atoms with van der Waals surface area (Å²) in [6.45, 7) is 0. The maximum atomic E-state index is 13.1. The Morgan fingerprint density at radius 2 is 1.61 bits per heavy atom. The fourth-order valence-electron chi connectivity index (χ4n) is 2.96. The van der Waals surface area contributed by atoms with Gasteiger partial charge in [-0.2, -0.15) is 0 Å². The molecule has 2 heterocycles. The van der Waals surface area contributed by atoms with Crippen molar-refractivity contribution in [1.82, 2.24) is 20.4 Å².